The first-order valence-corrected chi connectivity index (χ1v) is 13.3. The Bertz CT molecular complexity index is 1350. The van der Waals surface area contributed by atoms with Gasteiger partial charge in [0.1, 0.15) is 17.3 Å². The summed E-state index contributed by atoms with van der Waals surface area (Å²) in [6.07, 6.45) is 0.561. The smallest absolute Gasteiger partial charge is 0.295 e. The number of rotatable bonds is 8. The number of amides is 1. The lowest BCUT2D eigenvalue weighted by atomic mass is 9.85. The van der Waals surface area contributed by atoms with Crippen molar-refractivity contribution in [1.82, 2.24) is 4.90 Å². The van der Waals surface area contributed by atoms with Crippen LogP contribution in [-0.2, 0) is 21.4 Å². The summed E-state index contributed by atoms with van der Waals surface area (Å²) < 4.78 is 11.0. The number of nitrogens with zero attached hydrogens (tertiary/aromatic N) is 1. The van der Waals surface area contributed by atoms with Crippen molar-refractivity contribution in [3.8, 4) is 11.5 Å². The maximum Gasteiger partial charge on any atom is 0.295 e. The standard InChI is InChI=1S/C33H37NO5/c1-21(2)39-27-17-11-24(12-18-27)30(35)28-29(23-9-13-25(14-10-23)33(3,4)5)34(32(37)31(28)36)20-19-22-7-15-26(38-6)16-8-22/h7-18,21,29,35H,19-20H2,1-6H3/b30-28-. The minimum atomic E-state index is -0.705. The van der Waals surface area contributed by atoms with Crippen molar-refractivity contribution in [1.29, 1.82) is 0 Å². The summed E-state index contributed by atoms with van der Waals surface area (Å²) in [5.74, 6) is -0.0793. The molecule has 0 spiro atoms. The Kier molecular flexibility index (Phi) is 8.14. The van der Waals surface area contributed by atoms with Crippen LogP contribution in [0.1, 0.15) is 62.9 Å². The van der Waals surface area contributed by atoms with Crippen molar-refractivity contribution in [2.45, 2.75) is 58.6 Å². The number of carbonyl (C=O) groups excluding carboxylic acids is 2. The van der Waals surface area contributed by atoms with Crippen molar-refractivity contribution < 1.29 is 24.2 Å². The molecule has 4 rings (SSSR count). The van der Waals surface area contributed by atoms with Gasteiger partial charge in [0.2, 0.25) is 0 Å². The van der Waals surface area contributed by atoms with E-state index in [2.05, 4.69) is 20.8 Å². The molecule has 1 heterocycles. The molecule has 1 fully saturated rings. The van der Waals surface area contributed by atoms with E-state index in [0.717, 1.165) is 22.4 Å². The summed E-state index contributed by atoms with van der Waals surface area (Å²) >= 11 is 0. The Morgan fingerprint density at radius 1 is 0.897 bits per heavy atom. The summed E-state index contributed by atoms with van der Waals surface area (Å²) in [6, 6.07) is 21.8. The molecule has 1 amide bonds. The zero-order valence-electron chi connectivity index (χ0n) is 23.5. The lowest BCUT2D eigenvalue weighted by Gasteiger charge is -2.26. The molecule has 0 aliphatic carbocycles. The Hall–Kier alpha value is -4.06. The highest BCUT2D eigenvalue weighted by atomic mass is 16.5. The van der Waals surface area contributed by atoms with Crippen LogP contribution in [0.25, 0.3) is 5.76 Å². The van der Waals surface area contributed by atoms with Gasteiger partial charge in [-0.1, -0.05) is 57.2 Å². The van der Waals surface area contributed by atoms with E-state index in [1.54, 1.807) is 36.3 Å². The highest BCUT2D eigenvalue weighted by Gasteiger charge is 2.45. The van der Waals surface area contributed by atoms with Gasteiger partial charge < -0.3 is 19.5 Å². The van der Waals surface area contributed by atoms with Gasteiger partial charge in [-0.3, -0.25) is 9.59 Å². The number of hydrogen-bond donors (Lipinski definition) is 1. The zero-order valence-corrected chi connectivity index (χ0v) is 23.5. The lowest BCUT2D eigenvalue weighted by Crippen LogP contribution is -2.31. The summed E-state index contributed by atoms with van der Waals surface area (Å²) in [7, 11) is 1.62. The number of ketones is 1. The number of likely N-dealkylation sites (tertiary alicyclic amines) is 1. The molecular weight excluding hydrogens is 490 g/mol. The van der Waals surface area contributed by atoms with Gasteiger partial charge in [0.05, 0.1) is 24.8 Å². The molecule has 0 radical (unpaired) electrons. The van der Waals surface area contributed by atoms with Gasteiger partial charge in [-0.05, 0) is 78.8 Å². The van der Waals surface area contributed by atoms with Crippen molar-refractivity contribution in [2.75, 3.05) is 13.7 Å². The molecule has 6 heteroatoms. The summed E-state index contributed by atoms with van der Waals surface area (Å²) in [6.45, 7) is 10.6. The Morgan fingerprint density at radius 3 is 2.03 bits per heavy atom. The molecule has 0 aromatic heterocycles. The van der Waals surface area contributed by atoms with E-state index in [4.69, 9.17) is 9.47 Å². The third kappa shape index (κ3) is 6.17. The van der Waals surface area contributed by atoms with Crippen LogP contribution in [0.3, 0.4) is 0 Å². The normalized spacial score (nSPS) is 17.1. The molecule has 0 bridgehead atoms. The Balaban J connectivity index is 1.73. The van der Waals surface area contributed by atoms with Gasteiger partial charge >= 0.3 is 0 Å². The number of aliphatic hydroxyl groups is 1. The average molecular weight is 528 g/mol. The van der Waals surface area contributed by atoms with Crippen LogP contribution in [0, 0.1) is 0 Å². The van der Waals surface area contributed by atoms with Gasteiger partial charge in [-0.25, -0.2) is 0 Å². The molecule has 1 unspecified atom stereocenters. The maximum atomic E-state index is 13.4. The number of carbonyl (C=O) groups is 2. The number of ether oxygens (including phenoxy) is 2. The van der Waals surface area contributed by atoms with E-state index in [-0.39, 0.29) is 22.9 Å². The minimum absolute atomic E-state index is 0.0107. The summed E-state index contributed by atoms with van der Waals surface area (Å²) in [4.78, 5) is 28.3. The third-order valence-electron chi connectivity index (χ3n) is 6.93. The maximum absolute atomic E-state index is 13.4. The van der Waals surface area contributed by atoms with Crippen molar-refractivity contribution in [3.05, 3.63) is 101 Å². The van der Waals surface area contributed by atoms with E-state index in [1.165, 1.54) is 0 Å². The van der Waals surface area contributed by atoms with Crippen LogP contribution in [0.15, 0.2) is 78.4 Å². The molecule has 1 saturated heterocycles. The van der Waals surface area contributed by atoms with E-state index >= 15 is 0 Å². The second-order valence-electron chi connectivity index (χ2n) is 11.2. The van der Waals surface area contributed by atoms with Crippen LogP contribution in [0.4, 0.5) is 0 Å². The van der Waals surface area contributed by atoms with E-state index in [9.17, 15) is 14.7 Å². The average Bonchev–Trinajstić information content (AvgIpc) is 3.16. The number of hydrogen-bond acceptors (Lipinski definition) is 5. The van der Waals surface area contributed by atoms with Gasteiger partial charge in [-0.2, -0.15) is 0 Å². The monoisotopic (exact) mass is 527 g/mol. The molecule has 6 nitrogen and oxygen atoms in total. The van der Waals surface area contributed by atoms with Crippen LogP contribution >= 0.6 is 0 Å². The largest absolute Gasteiger partial charge is 0.507 e. The van der Waals surface area contributed by atoms with E-state index < -0.39 is 17.7 Å². The first kappa shape index (κ1) is 28.0. The molecule has 1 atom stereocenters. The summed E-state index contributed by atoms with van der Waals surface area (Å²) in [5.41, 5.74) is 3.43. The van der Waals surface area contributed by atoms with Gasteiger partial charge in [0, 0.05) is 12.1 Å². The molecule has 3 aromatic rings. The highest BCUT2D eigenvalue weighted by Crippen LogP contribution is 2.40. The fourth-order valence-electron chi connectivity index (χ4n) is 4.78. The fourth-order valence-corrected chi connectivity index (χ4v) is 4.78. The number of benzene rings is 3. The molecular formula is C33H37NO5. The summed E-state index contributed by atoms with van der Waals surface area (Å²) in [5, 5.41) is 11.4. The Morgan fingerprint density at radius 2 is 1.49 bits per heavy atom. The van der Waals surface area contributed by atoms with E-state index in [0.29, 0.717) is 24.3 Å². The quantitative estimate of drug-likeness (QED) is 0.207. The number of Topliss-reactive ketones (excluding diaryl/α,β-unsaturated/α-hetero) is 1. The molecule has 1 N–H and O–H groups in total. The molecule has 39 heavy (non-hydrogen) atoms. The number of methoxy groups -OCH3 is 1. The van der Waals surface area contributed by atoms with Crippen LogP contribution in [0.5, 0.6) is 11.5 Å². The van der Waals surface area contributed by atoms with Crippen LogP contribution in [-0.4, -0.2) is 41.5 Å². The predicted molar refractivity (Wildman–Crippen MR) is 153 cm³/mol. The molecule has 0 saturated carbocycles. The molecule has 204 valence electrons. The van der Waals surface area contributed by atoms with Crippen molar-refractivity contribution in [2.24, 2.45) is 0 Å². The molecule has 3 aromatic carbocycles. The predicted octanol–water partition coefficient (Wildman–Crippen LogP) is 6.44. The molecule has 1 aliphatic rings. The number of aliphatic hydroxyl groups excluding tert-OH is 1. The zero-order chi connectivity index (χ0) is 28.3. The molecule has 1 aliphatic heterocycles. The van der Waals surface area contributed by atoms with Crippen molar-refractivity contribution in [3.63, 3.8) is 0 Å². The first-order chi connectivity index (χ1) is 18.5. The SMILES string of the molecule is COc1ccc(CCN2C(=O)C(=O)/C(=C(\O)c3ccc(OC(C)C)cc3)C2c2ccc(C(C)(C)C)cc2)cc1. The topological polar surface area (TPSA) is 76.1 Å². The fraction of sp³-hybridized carbons (Fsp3) is 0.333. The highest BCUT2D eigenvalue weighted by molar-refractivity contribution is 6.46. The second-order valence-corrected chi connectivity index (χ2v) is 11.2. The lowest BCUT2D eigenvalue weighted by molar-refractivity contribution is -0.139. The van der Waals surface area contributed by atoms with Gasteiger partial charge in [0.25, 0.3) is 11.7 Å². The van der Waals surface area contributed by atoms with Gasteiger partial charge in [0.15, 0.2) is 0 Å². The third-order valence-corrected chi connectivity index (χ3v) is 6.93. The second kappa shape index (κ2) is 11.4. The Labute approximate surface area is 230 Å². The van der Waals surface area contributed by atoms with Crippen molar-refractivity contribution >= 4 is 17.4 Å². The van der Waals surface area contributed by atoms with Crippen LogP contribution in [0.2, 0.25) is 0 Å². The van der Waals surface area contributed by atoms with Gasteiger partial charge in [-0.15, -0.1) is 0 Å². The first-order valence-electron chi connectivity index (χ1n) is 13.3. The van der Waals surface area contributed by atoms with E-state index in [1.807, 2.05) is 62.4 Å². The van der Waals surface area contributed by atoms with Crippen LogP contribution < -0.4 is 9.47 Å². The minimum Gasteiger partial charge on any atom is -0.507 e.